The van der Waals surface area contributed by atoms with E-state index in [0.717, 1.165) is 36.8 Å². The van der Waals surface area contributed by atoms with E-state index in [1.807, 2.05) is 37.3 Å². The molecule has 190 valence electrons. The monoisotopic (exact) mass is 499 g/mol. The van der Waals surface area contributed by atoms with Crippen LogP contribution in [0, 0.1) is 6.92 Å². The van der Waals surface area contributed by atoms with Crippen molar-refractivity contribution < 1.29 is 18.0 Å². The van der Waals surface area contributed by atoms with Gasteiger partial charge in [-0.15, -0.1) is 0 Å². The van der Waals surface area contributed by atoms with E-state index >= 15 is 0 Å². The number of nitrogens with zero attached hydrogens (tertiary/aromatic N) is 2. The van der Waals surface area contributed by atoms with Gasteiger partial charge in [-0.25, -0.2) is 8.42 Å². The lowest BCUT2D eigenvalue weighted by atomic mass is 10.1. The highest BCUT2D eigenvalue weighted by atomic mass is 32.2. The Morgan fingerprint density at radius 2 is 1.66 bits per heavy atom. The molecular formula is C27H37N3O4S. The number of rotatable bonds is 11. The van der Waals surface area contributed by atoms with Gasteiger partial charge in [0.1, 0.15) is 6.04 Å². The van der Waals surface area contributed by atoms with E-state index in [1.54, 1.807) is 36.1 Å². The summed E-state index contributed by atoms with van der Waals surface area (Å²) < 4.78 is 26.0. The van der Waals surface area contributed by atoms with Crippen LogP contribution in [-0.4, -0.2) is 50.0 Å². The summed E-state index contributed by atoms with van der Waals surface area (Å²) in [5, 5.41) is 3.11. The van der Waals surface area contributed by atoms with E-state index in [4.69, 9.17) is 0 Å². The Morgan fingerprint density at radius 3 is 2.29 bits per heavy atom. The van der Waals surface area contributed by atoms with Crippen molar-refractivity contribution in [2.75, 3.05) is 17.1 Å². The first-order valence-corrected chi connectivity index (χ1v) is 14.2. The predicted octanol–water partition coefficient (Wildman–Crippen LogP) is 4.02. The maximum atomic E-state index is 13.4. The molecule has 0 spiro atoms. The summed E-state index contributed by atoms with van der Waals surface area (Å²) in [4.78, 5) is 28.0. The zero-order valence-electron chi connectivity index (χ0n) is 20.9. The van der Waals surface area contributed by atoms with Gasteiger partial charge in [-0.05, 0) is 56.4 Å². The van der Waals surface area contributed by atoms with Crippen molar-refractivity contribution in [3.05, 3.63) is 65.7 Å². The quantitative estimate of drug-likeness (QED) is 0.506. The molecule has 1 N–H and O–H groups in total. The Hall–Kier alpha value is -2.87. The molecule has 2 amide bonds. The van der Waals surface area contributed by atoms with Crippen LogP contribution in [-0.2, 0) is 26.2 Å². The Bertz CT molecular complexity index is 1100. The number of para-hydroxylation sites is 1. The Balaban J connectivity index is 1.71. The van der Waals surface area contributed by atoms with Gasteiger partial charge in [0.15, 0.2) is 0 Å². The number of anilines is 1. The highest BCUT2D eigenvalue weighted by molar-refractivity contribution is 7.92. The van der Waals surface area contributed by atoms with Gasteiger partial charge in [0.25, 0.3) is 0 Å². The van der Waals surface area contributed by atoms with Crippen LogP contribution in [0.4, 0.5) is 5.69 Å². The molecule has 8 heteroatoms. The van der Waals surface area contributed by atoms with Crippen molar-refractivity contribution in [1.82, 2.24) is 10.2 Å². The molecule has 0 bridgehead atoms. The second kappa shape index (κ2) is 12.2. The fourth-order valence-electron chi connectivity index (χ4n) is 4.54. The third kappa shape index (κ3) is 7.56. The second-order valence-electron chi connectivity index (χ2n) is 9.39. The van der Waals surface area contributed by atoms with E-state index in [2.05, 4.69) is 5.32 Å². The minimum atomic E-state index is -3.49. The van der Waals surface area contributed by atoms with Gasteiger partial charge >= 0.3 is 0 Å². The normalized spacial score (nSPS) is 14.9. The third-order valence-corrected chi connectivity index (χ3v) is 7.86. The molecule has 1 fully saturated rings. The van der Waals surface area contributed by atoms with Crippen molar-refractivity contribution >= 4 is 27.5 Å². The predicted molar refractivity (Wildman–Crippen MR) is 139 cm³/mol. The van der Waals surface area contributed by atoms with Crippen molar-refractivity contribution in [2.45, 2.75) is 71.0 Å². The summed E-state index contributed by atoms with van der Waals surface area (Å²) in [6.45, 7) is 4.28. The Kier molecular flexibility index (Phi) is 9.32. The molecule has 7 nitrogen and oxygen atoms in total. The maximum absolute atomic E-state index is 13.4. The van der Waals surface area contributed by atoms with E-state index < -0.39 is 16.1 Å². The highest BCUT2D eigenvalue weighted by Crippen LogP contribution is 2.21. The van der Waals surface area contributed by atoms with Crippen molar-refractivity contribution in [3.63, 3.8) is 0 Å². The van der Waals surface area contributed by atoms with Crippen molar-refractivity contribution in [1.29, 1.82) is 0 Å². The standard InChI is InChI=1S/C27H37N3O4S/c1-21-12-7-8-13-23(21)20-29(22(2)27(32)28-24-14-9-10-15-24)26(31)18-11-19-30(35(3,33)34)25-16-5-4-6-17-25/h4-8,12-13,16-17,22,24H,9-11,14-15,18-20H2,1-3H3,(H,28,32)/t22-/m1/s1. The summed E-state index contributed by atoms with van der Waals surface area (Å²) in [7, 11) is -3.49. The van der Waals surface area contributed by atoms with E-state index in [-0.39, 0.29) is 30.8 Å². The zero-order valence-corrected chi connectivity index (χ0v) is 21.8. The Morgan fingerprint density at radius 1 is 1.03 bits per heavy atom. The molecule has 3 rings (SSSR count). The van der Waals surface area contributed by atoms with Crippen LogP contribution in [0.1, 0.15) is 56.6 Å². The summed E-state index contributed by atoms with van der Waals surface area (Å²) >= 11 is 0. The fourth-order valence-corrected chi connectivity index (χ4v) is 5.51. The molecule has 0 aliphatic heterocycles. The highest BCUT2D eigenvalue weighted by Gasteiger charge is 2.29. The maximum Gasteiger partial charge on any atom is 0.242 e. The van der Waals surface area contributed by atoms with E-state index in [1.165, 1.54) is 10.6 Å². The first-order valence-electron chi connectivity index (χ1n) is 12.3. The lowest BCUT2D eigenvalue weighted by Crippen LogP contribution is -2.49. The van der Waals surface area contributed by atoms with Crippen LogP contribution < -0.4 is 9.62 Å². The first kappa shape index (κ1) is 26.7. The molecule has 1 atom stereocenters. The zero-order chi connectivity index (χ0) is 25.4. The molecule has 35 heavy (non-hydrogen) atoms. The van der Waals surface area contributed by atoms with Crippen LogP contribution >= 0.6 is 0 Å². The molecular weight excluding hydrogens is 462 g/mol. The molecule has 0 saturated heterocycles. The lowest BCUT2D eigenvalue weighted by Gasteiger charge is -2.30. The van der Waals surface area contributed by atoms with Gasteiger partial charge in [-0.1, -0.05) is 55.3 Å². The van der Waals surface area contributed by atoms with Crippen LogP contribution in [0.5, 0.6) is 0 Å². The molecule has 2 aromatic rings. The molecule has 1 aliphatic rings. The fraction of sp³-hybridized carbons (Fsp3) is 0.481. The van der Waals surface area contributed by atoms with Crippen LogP contribution in [0.2, 0.25) is 0 Å². The van der Waals surface area contributed by atoms with Gasteiger partial charge in [0.2, 0.25) is 21.8 Å². The van der Waals surface area contributed by atoms with Gasteiger partial charge in [0, 0.05) is 25.6 Å². The molecule has 0 radical (unpaired) electrons. The third-order valence-electron chi connectivity index (χ3n) is 6.67. The van der Waals surface area contributed by atoms with E-state index in [0.29, 0.717) is 18.7 Å². The average Bonchev–Trinajstić information content (AvgIpc) is 3.33. The van der Waals surface area contributed by atoms with Gasteiger partial charge < -0.3 is 10.2 Å². The smallest absolute Gasteiger partial charge is 0.242 e. The van der Waals surface area contributed by atoms with Crippen LogP contribution in [0.25, 0.3) is 0 Å². The topological polar surface area (TPSA) is 86.8 Å². The molecule has 2 aromatic carbocycles. The Labute approximate surface area is 209 Å². The van der Waals surface area contributed by atoms with E-state index in [9.17, 15) is 18.0 Å². The SMILES string of the molecule is Cc1ccccc1CN(C(=O)CCCN(c1ccccc1)S(C)(=O)=O)[C@H](C)C(=O)NC1CCCC1. The first-order chi connectivity index (χ1) is 16.7. The number of hydrogen-bond acceptors (Lipinski definition) is 4. The van der Waals surface area contributed by atoms with Crippen LogP contribution in [0.3, 0.4) is 0 Å². The molecule has 1 aliphatic carbocycles. The van der Waals surface area contributed by atoms with Gasteiger partial charge in [-0.2, -0.15) is 0 Å². The number of amides is 2. The van der Waals surface area contributed by atoms with Gasteiger partial charge in [0.05, 0.1) is 11.9 Å². The number of carbonyl (C=O) groups excluding carboxylic acids is 2. The van der Waals surface area contributed by atoms with Crippen LogP contribution in [0.15, 0.2) is 54.6 Å². The lowest BCUT2D eigenvalue weighted by molar-refractivity contribution is -0.141. The summed E-state index contributed by atoms with van der Waals surface area (Å²) in [5.41, 5.74) is 2.62. The van der Waals surface area contributed by atoms with Gasteiger partial charge in [-0.3, -0.25) is 13.9 Å². The molecule has 1 saturated carbocycles. The largest absolute Gasteiger partial charge is 0.352 e. The minimum absolute atomic E-state index is 0.138. The summed E-state index contributed by atoms with van der Waals surface area (Å²) in [6.07, 6.45) is 5.85. The number of carbonyl (C=O) groups is 2. The number of benzene rings is 2. The van der Waals surface area contributed by atoms with Crippen molar-refractivity contribution in [2.24, 2.45) is 0 Å². The molecule has 0 aromatic heterocycles. The number of sulfonamides is 1. The summed E-state index contributed by atoms with van der Waals surface area (Å²) in [5.74, 6) is -0.301. The number of hydrogen-bond donors (Lipinski definition) is 1. The summed E-state index contributed by atoms with van der Waals surface area (Å²) in [6, 6.07) is 16.3. The average molecular weight is 500 g/mol. The van der Waals surface area contributed by atoms with Crippen molar-refractivity contribution in [3.8, 4) is 0 Å². The molecule has 0 heterocycles. The number of aryl methyl sites for hydroxylation is 1. The second-order valence-corrected chi connectivity index (χ2v) is 11.3. The minimum Gasteiger partial charge on any atom is -0.352 e. The number of nitrogens with one attached hydrogen (secondary N) is 1. The molecule has 0 unspecified atom stereocenters.